The predicted octanol–water partition coefficient (Wildman–Crippen LogP) is 0.752. The van der Waals surface area contributed by atoms with Gasteiger partial charge in [0.1, 0.15) is 12.2 Å². The van der Waals surface area contributed by atoms with E-state index < -0.39 is 41.0 Å². The molecule has 8 atom stereocenters. The first kappa shape index (κ1) is 19.2. The van der Waals surface area contributed by atoms with Crippen LogP contribution in [-0.4, -0.2) is 56.4 Å². The second kappa shape index (κ2) is 5.96. The summed E-state index contributed by atoms with van der Waals surface area (Å²) in [5, 5.41) is 42.6. The van der Waals surface area contributed by atoms with Crippen LogP contribution in [0.2, 0.25) is 0 Å². The molecule has 3 saturated carbocycles. The predicted molar refractivity (Wildman–Crippen MR) is 96.5 cm³/mol. The number of carbonyl (C=O) groups excluding carboxylic acids is 2. The second-order valence-corrected chi connectivity index (χ2v) is 9.70. The SMILES string of the molecule is C[C@]12CCC(=O)C=C1[C@@H](O)C[C@H]1[C@H]2[C@@H](O)C[C@]2(C)[C@H]1CC[C@]2(O)C(=O)CO. The third-order valence-electron chi connectivity index (χ3n) is 8.67. The van der Waals surface area contributed by atoms with Gasteiger partial charge >= 0.3 is 0 Å². The van der Waals surface area contributed by atoms with Gasteiger partial charge in [-0.3, -0.25) is 9.59 Å². The molecule has 6 nitrogen and oxygen atoms in total. The standard InChI is InChI=1S/C21H30O6/c1-19-5-3-11(23)7-14(19)15(24)8-12-13-4-6-21(27,17(26)10-22)20(13,2)9-16(25)18(12)19/h7,12-13,15-16,18,22,24-25,27H,3-6,8-10H2,1-2H3/t12-,13+,15+,16+,18+,19+,20-,21+/m1/s1. The molecule has 0 spiro atoms. The van der Waals surface area contributed by atoms with E-state index in [-0.39, 0.29) is 36.4 Å². The highest BCUT2D eigenvalue weighted by atomic mass is 16.3. The van der Waals surface area contributed by atoms with E-state index in [9.17, 15) is 30.0 Å². The quantitative estimate of drug-likeness (QED) is 0.564. The van der Waals surface area contributed by atoms with Crippen LogP contribution in [-0.2, 0) is 9.59 Å². The van der Waals surface area contributed by atoms with Gasteiger partial charge in [-0.1, -0.05) is 13.8 Å². The van der Waals surface area contributed by atoms with Gasteiger partial charge in [0.05, 0.1) is 12.2 Å². The number of Topliss-reactive ketones (excluding diaryl/α,β-unsaturated/α-hetero) is 1. The minimum absolute atomic E-state index is 0.0166. The van der Waals surface area contributed by atoms with Crippen molar-refractivity contribution in [2.24, 2.45) is 28.6 Å². The summed E-state index contributed by atoms with van der Waals surface area (Å²) in [6.45, 7) is 3.18. The van der Waals surface area contributed by atoms with E-state index in [2.05, 4.69) is 0 Å². The van der Waals surface area contributed by atoms with Gasteiger partial charge in [0.25, 0.3) is 0 Å². The molecule has 27 heavy (non-hydrogen) atoms. The van der Waals surface area contributed by atoms with Crippen molar-refractivity contribution in [1.82, 2.24) is 0 Å². The van der Waals surface area contributed by atoms with Gasteiger partial charge < -0.3 is 20.4 Å². The molecule has 0 radical (unpaired) electrons. The van der Waals surface area contributed by atoms with Gasteiger partial charge in [0.2, 0.25) is 0 Å². The number of hydrogen-bond acceptors (Lipinski definition) is 6. The molecule has 0 heterocycles. The Morgan fingerprint density at radius 1 is 1.26 bits per heavy atom. The second-order valence-electron chi connectivity index (χ2n) is 9.70. The lowest BCUT2D eigenvalue weighted by molar-refractivity contribution is -0.187. The average Bonchev–Trinajstić information content (AvgIpc) is 2.87. The number of rotatable bonds is 2. The molecule has 0 aromatic rings. The molecule has 150 valence electrons. The third kappa shape index (κ3) is 2.33. The van der Waals surface area contributed by atoms with Gasteiger partial charge in [-0.25, -0.2) is 0 Å². The van der Waals surface area contributed by atoms with E-state index >= 15 is 0 Å². The van der Waals surface area contributed by atoms with E-state index in [0.29, 0.717) is 25.7 Å². The molecule has 0 amide bonds. The van der Waals surface area contributed by atoms with Gasteiger partial charge in [-0.15, -0.1) is 0 Å². The van der Waals surface area contributed by atoms with Gasteiger partial charge in [-0.05, 0) is 66.9 Å². The summed E-state index contributed by atoms with van der Waals surface area (Å²) in [4.78, 5) is 24.3. The van der Waals surface area contributed by atoms with Gasteiger partial charge in [0.15, 0.2) is 11.6 Å². The molecule has 0 aliphatic heterocycles. The van der Waals surface area contributed by atoms with E-state index in [1.807, 2.05) is 13.8 Å². The Morgan fingerprint density at radius 3 is 2.63 bits per heavy atom. The highest BCUT2D eigenvalue weighted by molar-refractivity contribution is 5.92. The zero-order valence-corrected chi connectivity index (χ0v) is 16.0. The maximum atomic E-state index is 12.4. The molecule has 0 bridgehead atoms. The Morgan fingerprint density at radius 2 is 1.96 bits per heavy atom. The first-order chi connectivity index (χ1) is 12.6. The summed E-state index contributed by atoms with van der Waals surface area (Å²) in [5.74, 6) is -0.713. The van der Waals surface area contributed by atoms with Crippen molar-refractivity contribution >= 4 is 11.6 Å². The number of fused-ring (bicyclic) bond motifs is 5. The van der Waals surface area contributed by atoms with Crippen LogP contribution < -0.4 is 0 Å². The van der Waals surface area contributed by atoms with Crippen LogP contribution in [0.25, 0.3) is 0 Å². The van der Waals surface area contributed by atoms with Crippen LogP contribution in [0.5, 0.6) is 0 Å². The number of ketones is 2. The summed E-state index contributed by atoms with van der Waals surface area (Å²) in [7, 11) is 0. The molecule has 0 unspecified atom stereocenters. The Kier molecular flexibility index (Phi) is 4.25. The van der Waals surface area contributed by atoms with Crippen molar-refractivity contribution in [3.8, 4) is 0 Å². The number of aliphatic hydroxyl groups excluding tert-OH is 3. The maximum absolute atomic E-state index is 12.4. The lowest BCUT2D eigenvalue weighted by atomic mass is 9.45. The monoisotopic (exact) mass is 378 g/mol. The van der Waals surface area contributed by atoms with Crippen LogP contribution in [0.3, 0.4) is 0 Å². The van der Waals surface area contributed by atoms with Crippen molar-refractivity contribution in [1.29, 1.82) is 0 Å². The normalized spacial score (nSPS) is 51.9. The molecule has 4 aliphatic carbocycles. The minimum atomic E-state index is -1.64. The smallest absolute Gasteiger partial charge is 0.190 e. The zero-order valence-electron chi connectivity index (χ0n) is 16.0. The lowest BCUT2D eigenvalue weighted by Gasteiger charge is -2.61. The number of aliphatic hydroxyl groups is 4. The fraction of sp³-hybridized carbons (Fsp3) is 0.810. The summed E-state index contributed by atoms with van der Waals surface area (Å²) >= 11 is 0. The van der Waals surface area contributed by atoms with E-state index in [1.165, 1.54) is 0 Å². The van der Waals surface area contributed by atoms with Crippen molar-refractivity contribution in [2.75, 3.05) is 6.61 Å². The third-order valence-corrected chi connectivity index (χ3v) is 8.67. The Balaban J connectivity index is 1.77. The fourth-order valence-corrected chi connectivity index (χ4v) is 7.33. The molecule has 6 heteroatoms. The van der Waals surface area contributed by atoms with E-state index in [4.69, 9.17) is 0 Å². The summed E-state index contributed by atoms with van der Waals surface area (Å²) in [6.07, 6.45) is 2.75. The van der Waals surface area contributed by atoms with Crippen LogP contribution in [0.4, 0.5) is 0 Å². The number of hydrogen-bond donors (Lipinski definition) is 4. The molecule has 4 rings (SSSR count). The number of carbonyl (C=O) groups is 2. The highest BCUT2D eigenvalue weighted by Gasteiger charge is 2.68. The fourth-order valence-electron chi connectivity index (χ4n) is 7.33. The van der Waals surface area contributed by atoms with Crippen molar-refractivity contribution < 1.29 is 30.0 Å². The van der Waals surface area contributed by atoms with Gasteiger partial charge in [0, 0.05) is 11.8 Å². The van der Waals surface area contributed by atoms with Gasteiger partial charge in [-0.2, -0.15) is 0 Å². The molecular formula is C21H30O6. The van der Waals surface area contributed by atoms with Crippen LogP contribution in [0.15, 0.2) is 11.6 Å². The largest absolute Gasteiger partial charge is 0.393 e. The first-order valence-corrected chi connectivity index (χ1v) is 10.1. The molecule has 3 fully saturated rings. The van der Waals surface area contributed by atoms with E-state index in [1.54, 1.807) is 6.08 Å². The van der Waals surface area contributed by atoms with Crippen molar-refractivity contribution in [2.45, 2.75) is 70.2 Å². The first-order valence-electron chi connectivity index (χ1n) is 10.1. The summed E-state index contributed by atoms with van der Waals surface area (Å²) in [5.41, 5.74) is -2.17. The van der Waals surface area contributed by atoms with E-state index in [0.717, 1.165) is 5.57 Å². The molecule has 4 N–H and O–H groups in total. The van der Waals surface area contributed by atoms with Crippen LogP contribution >= 0.6 is 0 Å². The zero-order chi connectivity index (χ0) is 19.8. The molecule has 0 saturated heterocycles. The Labute approximate surface area is 159 Å². The van der Waals surface area contributed by atoms with Crippen LogP contribution in [0, 0.1) is 28.6 Å². The average molecular weight is 378 g/mol. The molecule has 4 aliphatic rings. The maximum Gasteiger partial charge on any atom is 0.190 e. The van der Waals surface area contributed by atoms with Crippen molar-refractivity contribution in [3.05, 3.63) is 11.6 Å². The lowest BCUT2D eigenvalue weighted by Crippen LogP contribution is -2.63. The molecular weight excluding hydrogens is 348 g/mol. The minimum Gasteiger partial charge on any atom is -0.393 e. The van der Waals surface area contributed by atoms with Crippen LogP contribution in [0.1, 0.15) is 52.4 Å². The highest BCUT2D eigenvalue weighted by Crippen LogP contribution is 2.67. The Bertz CT molecular complexity index is 715. The summed E-state index contributed by atoms with van der Waals surface area (Å²) < 4.78 is 0. The Hall–Kier alpha value is -1.08. The molecule has 0 aromatic heterocycles. The molecule has 0 aromatic carbocycles. The topological polar surface area (TPSA) is 115 Å². The van der Waals surface area contributed by atoms with Crippen molar-refractivity contribution in [3.63, 3.8) is 0 Å². The summed E-state index contributed by atoms with van der Waals surface area (Å²) in [6, 6.07) is 0.